The van der Waals surface area contributed by atoms with Gasteiger partial charge in [0, 0.05) is 30.5 Å². The molecule has 188 valence electrons. The van der Waals surface area contributed by atoms with Gasteiger partial charge in [0.2, 0.25) is 15.2 Å². The Labute approximate surface area is 222 Å². The molecule has 0 N–H and O–H groups in total. The smallest absolute Gasteiger partial charge is 0.231 e. The highest BCUT2D eigenvalue weighted by Gasteiger charge is 2.32. The Morgan fingerprint density at radius 2 is 1.46 bits per heavy atom. The first-order valence-electron chi connectivity index (χ1n) is 12.6. The second kappa shape index (κ2) is 10.2. The fraction of sp³-hybridized carbons (Fsp3) is 0.241. The molecule has 0 radical (unpaired) electrons. The summed E-state index contributed by atoms with van der Waals surface area (Å²) in [4.78, 5) is 5.27. The predicted molar refractivity (Wildman–Crippen MR) is 149 cm³/mol. The van der Waals surface area contributed by atoms with E-state index in [0.29, 0.717) is 18.0 Å². The molecular weight excluding hydrogens is 500 g/mol. The van der Waals surface area contributed by atoms with Crippen LogP contribution >= 0.6 is 11.3 Å². The molecule has 4 aromatic rings. The van der Waals surface area contributed by atoms with Crippen LogP contribution in [-0.2, 0) is 10.0 Å². The van der Waals surface area contributed by atoms with Crippen LogP contribution in [0.25, 0.3) is 11.3 Å². The van der Waals surface area contributed by atoms with Crippen LogP contribution in [0.4, 0.5) is 5.13 Å². The molecule has 0 spiro atoms. The third-order valence-corrected chi connectivity index (χ3v) is 9.74. The first-order chi connectivity index (χ1) is 18.1. The van der Waals surface area contributed by atoms with Crippen LogP contribution in [0.1, 0.15) is 42.9 Å². The van der Waals surface area contributed by atoms with Crippen molar-refractivity contribution in [3.8, 4) is 11.3 Å². The molecule has 1 aromatic heterocycles. The van der Waals surface area contributed by atoms with E-state index >= 15 is 0 Å². The Morgan fingerprint density at radius 1 is 0.784 bits per heavy atom. The standard InChI is InChI=1S/C29H28N4O2S2/c34-37(35,32-18-8-3-9-19-32)25-16-14-23(15-17-25)27-21-36-29(30-27)33-28(24-12-6-2-7-13-24)20-26(31-33)22-10-4-1-5-11-22/h1-2,4-7,10-17,21,28H,3,8-9,18-20H2/t28-/m0/s1. The largest absolute Gasteiger partial charge is 0.243 e. The lowest BCUT2D eigenvalue weighted by atomic mass is 9.99. The van der Waals surface area contributed by atoms with Crippen LogP contribution in [0.15, 0.2) is 100 Å². The van der Waals surface area contributed by atoms with Gasteiger partial charge in [-0.25, -0.2) is 18.4 Å². The fourth-order valence-electron chi connectivity index (χ4n) is 4.98. The van der Waals surface area contributed by atoms with Gasteiger partial charge in [-0.05, 0) is 36.1 Å². The number of piperidine rings is 1. The lowest BCUT2D eigenvalue weighted by molar-refractivity contribution is 0.346. The number of nitrogens with zero attached hydrogens (tertiary/aromatic N) is 4. The maximum Gasteiger partial charge on any atom is 0.243 e. The van der Waals surface area contributed by atoms with E-state index in [1.54, 1.807) is 27.8 Å². The minimum atomic E-state index is -3.45. The lowest BCUT2D eigenvalue weighted by Gasteiger charge is -2.25. The molecule has 6 rings (SSSR count). The molecule has 8 heteroatoms. The van der Waals surface area contributed by atoms with Gasteiger partial charge in [0.25, 0.3) is 0 Å². The number of hydrogen-bond donors (Lipinski definition) is 0. The second-order valence-electron chi connectivity index (χ2n) is 9.39. The molecule has 0 saturated carbocycles. The van der Waals surface area contributed by atoms with Gasteiger partial charge in [0.05, 0.1) is 22.3 Å². The van der Waals surface area contributed by atoms with Crippen LogP contribution in [0, 0.1) is 0 Å². The van der Waals surface area contributed by atoms with Gasteiger partial charge in [-0.1, -0.05) is 79.2 Å². The number of hydrogen-bond acceptors (Lipinski definition) is 6. The van der Waals surface area contributed by atoms with Crippen molar-refractivity contribution >= 4 is 32.2 Å². The Kier molecular flexibility index (Phi) is 6.63. The molecule has 3 heterocycles. The number of thiazole rings is 1. The Hall–Kier alpha value is -3.33. The molecule has 0 amide bonds. The van der Waals surface area contributed by atoms with Gasteiger partial charge in [0.15, 0.2) is 0 Å². The highest BCUT2D eigenvalue weighted by Crippen LogP contribution is 2.39. The SMILES string of the molecule is O=S(=O)(c1ccc(-c2csc(N3N=C(c4ccccc4)C[C@H]3c3ccccc3)n2)cc1)N1CCCCC1. The number of anilines is 1. The summed E-state index contributed by atoms with van der Waals surface area (Å²) in [7, 11) is -3.45. The van der Waals surface area contributed by atoms with Crippen LogP contribution in [0.3, 0.4) is 0 Å². The normalized spacial score (nSPS) is 18.6. The van der Waals surface area contributed by atoms with Crippen molar-refractivity contribution in [1.82, 2.24) is 9.29 Å². The molecule has 37 heavy (non-hydrogen) atoms. The molecule has 1 saturated heterocycles. The third kappa shape index (κ3) is 4.84. The molecule has 3 aromatic carbocycles. The number of aromatic nitrogens is 1. The van der Waals surface area contributed by atoms with Crippen LogP contribution in [-0.4, -0.2) is 36.5 Å². The van der Waals surface area contributed by atoms with Crippen molar-refractivity contribution in [3.05, 3.63) is 101 Å². The summed E-state index contributed by atoms with van der Waals surface area (Å²) in [5, 5.41) is 9.87. The maximum atomic E-state index is 13.0. The first kappa shape index (κ1) is 24.0. The summed E-state index contributed by atoms with van der Waals surface area (Å²) in [6.45, 7) is 1.20. The molecular formula is C29H28N4O2S2. The first-order valence-corrected chi connectivity index (χ1v) is 14.9. The van der Waals surface area contributed by atoms with Crippen molar-refractivity contribution in [1.29, 1.82) is 0 Å². The minimum Gasteiger partial charge on any atom is -0.231 e. The van der Waals surface area contributed by atoms with E-state index in [1.807, 2.05) is 46.8 Å². The van der Waals surface area contributed by atoms with E-state index in [2.05, 4.69) is 36.4 Å². The maximum absolute atomic E-state index is 13.0. The average molecular weight is 529 g/mol. The second-order valence-corrected chi connectivity index (χ2v) is 12.2. The number of rotatable bonds is 6. The molecule has 6 nitrogen and oxygen atoms in total. The van der Waals surface area contributed by atoms with Crippen molar-refractivity contribution in [2.24, 2.45) is 5.10 Å². The zero-order chi connectivity index (χ0) is 25.2. The fourth-order valence-corrected chi connectivity index (χ4v) is 7.33. The van der Waals surface area contributed by atoms with Crippen LogP contribution in [0.2, 0.25) is 0 Å². The highest BCUT2D eigenvalue weighted by atomic mass is 32.2. The summed E-state index contributed by atoms with van der Waals surface area (Å²) in [5.41, 5.74) is 5.06. The third-order valence-electron chi connectivity index (χ3n) is 6.99. The molecule has 0 unspecified atom stereocenters. The Bertz CT molecular complexity index is 1490. The lowest BCUT2D eigenvalue weighted by Crippen LogP contribution is -2.35. The van der Waals surface area contributed by atoms with Gasteiger partial charge >= 0.3 is 0 Å². The predicted octanol–water partition coefficient (Wildman–Crippen LogP) is 6.34. The molecule has 1 atom stereocenters. The van der Waals surface area contributed by atoms with E-state index in [9.17, 15) is 8.42 Å². The molecule has 0 aliphatic carbocycles. The van der Waals surface area contributed by atoms with Gasteiger partial charge in [-0.3, -0.25) is 0 Å². The average Bonchev–Trinajstić information content (AvgIpc) is 3.63. The number of hydrazone groups is 1. The van der Waals surface area contributed by atoms with E-state index in [-0.39, 0.29) is 6.04 Å². The van der Waals surface area contributed by atoms with Gasteiger partial charge < -0.3 is 0 Å². The van der Waals surface area contributed by atoms with Crippen LogP contribution in [0.5, 0.6) is 0 Å². The summed E-state index contributed by atoms with van der Waals surface area (Å²) in [6, 6.07) is 27.9. The topological polar surface area (TPSA) is 65.9 Å². The summed E-state index contributed by atoms with van der Waals surface area (Å²) >= 11 is 1.55. The quantitative estimate of drug-likeness (QED) is 0.293. The zero-order valence-electron chi connectivity index (χ0n) is 20.4. The zero-order valence-corrected chi connectivity index (χ0v) is 22.0. The number of sulfonamides is 1. The molecule has 2 aliphatic heterocycles. The van der Waals surface area contributed by atoms with Crippen molar-refractivity contribution in [3.63, 3.8) is 0 Å². The highest BCUT2D eigenvalue weighted by molar-refractivity contribution is 7.89. The van der Waals surface area contributed by atoms with Crippen LogP contribution < -0.4 is 5.01 Å². The molecule has 1 fully saturated rings. The Balaban J connectivity index is 1.28. The summed E-state index contributed by atoms with van der Waals surface area (Å²) in [5.74, 6) is 0. The molecule has 0 bridgehead atoms. The van der Waals surface area contributed by atoms with Gasteiger partial charge in [0.1, 0.15) is 0 Å². The van der Waals surface area contributed by atoms with Crippen molar-refractivity contribution in [2.45, 2.75) is 36.6 Å². The summed E-state index contributed by atoms with van der Waals surface area (Å²) < 4.78 is 27.6. The number of benzene rings is 3. The Morgan fingerprint density at radius 3 is 2.16 bits per heavy atom. The van der Waals surface area contributed by atoms with Gasteiger partial charge in [-0.15, -0.1) is 11.3 Å². The van der Waals surface area contributed by atoms with E-state index in [1.165, 1.54) is 5.56 Å². The molecule has 2 aliphatic rings. The van der Waals surface area contributed by atoms with Crippen molar-refractivity contribution in [2.75, 3.05) is 18.1 Å². The summed E-state index contributed by atoms with van der Waals surface area (Å²) in [6.07, 6.45) is 3.74. The monoisotopic (exact) mass is 528 g/mol. The van der Waals surface area contributed by atoms with Crippen molar-refractivity contribution < 1.29 is 8.42 Å². The van der Waals surface area contributed by atoms with Gasteiger partial charge in [-0.2, -0.15) is 9.41 Å². The van der Waals surface area contributed by atoms with E-state index in [0.717, 1.165) is 53.3 Å². The van der Waals surface area contributed by atoms with E-state index < -0.39 is 10.0 Å². The minimum absolute atomic E-state index is 0.0625. The van der Waals surface area contributed by atoms with E-state index in [4.69, 9.17) is 10.1 Å².